The lowest BCUT2D eigenvalue weighted by molar-refractivity contribution is 0.343. The van der Waals surface area contributed by atoms with Gasteiger partial charge in [-0.2, -0.15) is 0 Å². The fraction of sp³-hybridized carbons (Fsp3) is 0.692. The molecule has 2 aliphatic rings. The zero-order valence-electron chi connectivity index (χ0n) is 10.5. The van der Waals surface area contributed by atoms with Crippen molar-refractivity contribution in [2.24, 2.45) is 0 Å². The first kappa shape index (κ1) is 11.7. The van der Waals surface area contributed by atoms with Gasteiger partial charge < -0.3 is 4.34 Å². The van der Waals surface area contributed by atoms with Gasteiger partial charge >= 0.3 is 0 Å². The van der Waals surface area contributed by atoms with E-state index in [1.807, 2.05) is 0 Å². The van der Waals surface area contributed by atoms with Gasteiger partial charge in [0.15, 0.2) is 8.37 Å². The number of nitrogens with zero attached hydrogens (tertiary/aromatic N) is 3. The van der Waals surface area contributed by atoms with E-state index < -0.39 is 0 Å². The van der Waals surface area contributed by atoms with Crippen LogP contribution in [0.1, 0.15) is 32.1 Å². The fourth-order valence-electron chi connectivity index (χ4n) is 2.85. The molecule has 1 unspecified atom stereocenters. The molecule has 4 heteroatoms. The van der Waals surface area contributed by atoms with E-state index in [0.717, 1.165) is 0 Å². The highest BCUT2D eigenvalue weighted by atomic mass is 31.2. The molecule has 3 rings (SSSR count). The maximum absolute atomic E-state index is 2.73. The van der Waals surface area contributed by atoms with Crippen molar-refractivity contribution in [1.29, 1.82) is 0 Å². The van der Waals surface area contributed by atoms with E-state index in [1.165, 1.54) is 58.3 Å². The molecule has 0 bridgehead atoms. The Kier molecular flexibility index (Phi) is 3.80. The first-order valence-corrected chi connectivity index (χ1v) is 8.08. The Bertz CT molecular complexity index is 326. The molecule has 3 heterocycles. The molecule has 3 nitrogen and oxygen atoms in total. The van der Waals surface area contributed by atoms with E-state index in [0.29, 0.717) is 0 Å². The Hall–Kier alpha value is -0.370. The summed E-state index contributed by atoms with van der Waals surface area (Å²) in [4.78, 5) is 0. The van der Waals surface area contributed by atoms with Gasteiger partial charge in [0, 0.05) is 38.6 Å². The van der Waals surface area contributed by atoms with Gasteiger partial charge in [0.25, 0.3) is 0 Å². The highest BCUT2D eigenvalue weighted by molar-refractivity contribution is 7.51. The van der Waals surface area contributed by atoms with Crippen molar-refractivity contribution in [1.82, 2.24) is 13.7 Å². The number of hydrogen-bond donors (Lipinski definition) is 0. The van der Waals surface area contributed by atoms with E-state index in [9.17, 15) is 0 Å². The molecule has 0 saturated carbocycles. The molecule has 2 fully saturated rings. The quantitative estimate of drug-likeness (QED) is 0.765. The predicted octanol–water partition coefficient (Wildman–Crippen LogP) is 3.14. The summed E-state index contributed by atoms with van der Waals surface area (Å²) in [6.07, 6.45) is 11.5. The van der Waals surface area contributed by atoms with Crippen LogP contribution in [0.5, 0.6) is 0 Å². The van der Waals surface area contributed by atoms with Crippen LogP contribution in [0, 0.1) is 0 Å². The van der Waals surface area contributed by atoms with Crippen molar-refractivity contribution >= 4 is 8.37 Å². The van der Waals surface area contributed by atoms with E-state index >= 15 is 0 Å². The molecular formula is C13H22N3P. The summed E-state index contributed by atoms with van der Waals surface area (Å²) in [5.41, 5.74) is 0. The van der Waals surface area contributed by atoms with E-state index in [1.54, 1.807) is 0 Å². The van der Waals surface area contributed by atoms with Crippen molar-refractivity contribution in [2.45, 2.75) is 32.1 Å². The number of piperidine rings is 1. The molecule has 94 valence electrons. The Balaban J connectivity index is 1.79. The second-order valence-corrected chi connectivity index (χ2v) is 7.14. The lowest BCUT2D eigenvalue weighted by Gasteiger charge is -2.39. The van der Waals surface area contributed by atoms with E-state index in [2.05, 4.69) is 38.2 Å². The smallest absolute Gasteiger partial charge is 0.153 e. The second kappa shape index (κ2) is 5.51. The van der Waals surface area contributed by atoms with Gasteiger partial charge in [-0.3, -0.25) is 9.34 Å². The summed E-state index contributed by atoms with van der Waals surface area (Å²) < 4.78 is 7.89. The first-order chi connectivity index (χ1) is 8.45. The Morgan fingerprint density at radius 3 is 1.65 bits per heavy atom. The average Bonchev–Trinajstić information content (AvgIpc) is 3.04. The summed E-state index contributed by atoms with van der Waals surface area (Å²) in [6.45, 7) is 5.17. The topological polar surface area (TPSA) is 11.4 Å². The lowest BCUT2D eigenvalue weighted by Crippen LogP contribution is -2.33. The molecule has 1 aromatic rings. The molecule has 0 radical (unpaired) electrons. The summed E-state index contributed by atoms with van der Waals surface area (Å²) in [5, 5.41) is 0. The Morgan fingerprint density at radius 1 is 0.647 bits per heavy atom. The van der Waals surface area contributed by atoms with Gasteiger partial charge in [-0.25, -0.2) is 0 Å². The molecule has 1 aromatic heterocycles. The van der Waals surface area contributed by atoms with Crippen molar-refractivity contribution < 1.29 is 0 Å². The summed E-state index contributed by atoms with van der Waals surface area (Å²) in [6, 6.07) is 4.32. The zero-order chi connectivity index (χ0) is 11.5. The highest BCUT2D eigenvalue weighted by Gasteiger charge is 2.29. The van der Waals surface area contributed by atoms with Gasteiger partial charge in [-0.15, -0.1) is 0 Å². The minimum absolute atomic E-state index is 0.255. The third-order valence-electron chi connectivity index (χ3n) is 3.72. The van der Waals surface area contributed by atoms with Crippen LogP contribution in [0.25, 0.3) is 0 Å². The Morgan fingerprint density at radius 2 is 1.12 bits per heavy atom. The van der Waals surface area contributed by atoms with Crippen molar-refractivity contribution in [3.8, 4) is 0 Å². The maximum atomic E-state index is 2.73. The predicted molar refractivity (Wildman–Crippen MR) is 73.0 cm³/mol. The van der Waals surface area contributed by atoms with Crippen LogP contribution >= 0.6 is 8.37 Å². The fourth-order valence-corrected chi connectivity index (χ4v) is 5.47. The summed E-state index contributed by atoms with van der Waals surface area (Å²) in [5.74, 6) is 0. The van der Waals surface area contributed by atoms with Gasteiger partial charge in [0.05, 0.1) is 0 Å². The number of hydrogen-bond acceptors (Lipinski definition) is 2. The zero-order valence-corrected chi connectivity index (χ0v) is 11.4. The molecule has 0 amide bonds. The molecule has 0 aromatic carbocycles. The maximum Gasteiger partial charge on any atom is 0.153 e. The second-order valence-electron chi connectivity index (χ2n) is 5.01. The summed E-state index contributed by atoms with van der Waals surface area (Å²) in [7, 11) is -0.255. The van der Waals surface area contributed by atoms with Crippen LogP contribution in [0.4, 0.5) is 0 Å². The normalized spacial score (nSPS) is 25.2. The van der Waals surface area contributed by atoms with Crippen molar-refractivity contribution in [2.75, 3.05) is 26.2 Å². The molecule has 0 aliphatic carbocycles. The van der Waals surface area contributed by atoms with E-state index in [-0.39, 0.29) is 8.37 Å². The Labute approximate surface area is 105 Å². The molecular weight excluding hydrogens is 229 g/mol. The monoisotopic (exact) mass is 251 g/mol. The van der Waals surface area contributed by atoms with Gasteiger partial charge in [0.2, 0.25) is 0 Å². The molecule has 2 aliphatic heterocycles. The van der Waals surface area contributed by atoms with Gasteiger partial charge in [0.1, 0.15) is 0 Å². The largest absolute Gasteiger partial charge is 0.308 e. The molecule has 2 saturated heterocycles. The number of rotatable bonds is 3. The van der Waals surface area contributed by atoms with Crippen molar-refractivity contribution in [3.63, 3.8) is 0 Å². The summed E-state index contributed by atoms with van der Waals surface area (Å²) >= 11 is 0. The van der Waals surface area contributed by atoms with Crippen LogP contribution in [0.3, 0.4) is 0 Å². The van der Waals surface area contributed by atoms with Crippen molar-refractivity contribution in [3.05, 3.63) is 24.5 Å². The minimum Gasteiger partial charge on any atom is -0.308 e. The standard InChI is InChI=1S/C13H22N3P/c1-2-8-14(9-3-1)17(15-10-4-5-11-15)16-12-6-7-13-16/h4-5,10-11H,1-3,6-9,12-13H2. The molecule has 0 spiro atoms. The molecule has 0 N–H and O–H groups in total. The van der Waals surface area contributed by atoms with Crippen LogP contribution < -0.4 is 0 Å². The average molecular weight is 251 g/mol. The molecule has 17 heavy (non-hydrogen) atoms. The van der Waals surface area contributed by atoms with Crippen LogP contribution in [-0.2, 0) is 0 Å². The van der Waals surface area contributed by atoms with E-state index in [4.69, 9.17) is 0 Å². The molecule has 1 atom stereocenters. The number of aromatic nitrogens is 1. The van der Waals surface area contributed by atoms with Crippen LogP contribution in [0.2, 0.25) is 0 Å². The van der Waals surface area contributed by atoms with Gasteiger partial charge in [-0.1, -0.05) is 6.42 Å². The third-order valence-corrected chi connectivity index (χ3v) is 6.21. The van der Waals surface area contributed by atoms with Crippen LogP contribution in [0.15, 0.2) is 24.5 Å². The lowest BCUT2D eigenvalue weighted by atomic mass is 10.2. The first-order valence-electron chi connectivity index (χ1n) is 6.88. The van der Waals surface area contributed by atoms with Crippen LogP contribution in [-0.4, -0.2) is 39.9 Å². The SMILES string of the molecule is c1ccn(P(N2CCCCC2)N2CCCC2)c1. The third kappa shape index (κ3) is 2.57. The minimum atomic E-state index is -0.255. The highest BCUT2D eigenvalue weighted by Crippen LogP contribution is 2.48. The van der Waals surface area contributed by atoms with Gasteiger partial charge in [-0.05, 0) is 37.8 Å².